The fourth-order valence-corrected chi connectivity index (χ4v) is 5.89. The lowest BCUT2D eigenvalue weighted by atomic mass is 10.1. The van der Waals surface area contributed by atoms with Crippen LogP contribution in [0.2, 0.25) is 5.02 Å². The third-order valence-electron chi connectivity index (χ3n) is 6.53. The zero-order valence-electron chi connectivity index (χ0n) is 24.1. The molecule has 10 heteroatoms. The molecular weight excluding hydrogens is 562 g/mol. The average molecular weight is 600 g/mol. The van der Waals surface area contributed by atoms with Crippen LogP contribution in [0.15, 0.2) is 77.7 Å². The summed E-state index contributed by atoms with van der Waals surface area (Å²) in [6.45, 7) is 7.69. The summed E-state index contributed by atoms with van der Waals surface area (Å²) in [4.78, 5) is 28.9. The SMILES string of the molecule is CC[C@H](C(=O)NCC(C)C)N(Cc1cccc(OC)c1)C(=O)CN(c1cccc(C)c1)S(=O)(=O)c1ccc(Cl)cc1. The minimum Gasteiger partial charge on any atom is -0.497 e. The van der Waals surface area contributed by atoms with Crippen molar-refractivity contribution in [1.82, 2.24) is 10.2 Å². The molecule has 0 fully saturated rings. The number of nitrogens with zero attached hydrogens (tertiary/aromatic N) is 2. The van der Waals surface area contributed by atoms with Crippen molar-refractivity contribution in [3.63, 3.8) is 0 Å². The van der Waals surface area contributed by atoms with E-state index in [1.54, 1.807) is 43.5 Å². The van der Waals surface area contributed by atoms with Gasteiger partial charge in [-0.1, -0.05) is 56.6 Å². The number of carbonyl (C=O) groups is 2. The van der Waals surface area contributed by atoms with E-state index < -0.39 is 28.5 Å². The Labute approximate surface area is 248 Å². The number of hydrogen-bond donors (Lipinski definition) is 1. The summed E-state index contributed by atoms with van der Waals surface area (Å²) in [5, 5.41) is 3.32. The van der Waals surface area contributed by atoms with Crippen LogP contribution < -0.4 is 14.4 Å². The molecule has 2 amide bonds. The van der Waals surface area contributed by atoms with Crippen LogP contribution in [0.3, 0.4) is 0 Å². The summed E-state index contributed by atoms with van der Waals surface area (Å²) in [5.74, 6) is 0.0257. The molecule has 0 aromatic heterocycles. The van der Waals surface area contributed by atoms with Crippen LogP contribution in [0.4, 0.5) is 5.69 Å². The summed E-state index contributed by atoms with van der Waals surface area (Å²) in [6, 6.07) is 19.2. The monoisotopic (exact) mass is 599 g/mol. The summed E-state index contributed by atoms with van der Waals surface area (Å²) < 4.78 is 34.3. The van der Waals surface area contributed by atoms with Crippen molar-refractivity contribution in [2.24, 2.45) is 5.92 Å². The number of anilines is 1. The molecule has 3 aromatic carbocycles. The molecule has 0 aliphatic heterocycles. The lowest BCUT2D eigenvalue weighted by Gasteiger charge is -2.33. The molecule has 8 nitrogen and oxygen atoms in total. The summed E-state index contributed by atoms with van der Waals surface area (Å²) in [7, 11) is -2.61. The third kappa shape index (κ3) is 8.47. The Morgan fingerprint density at radius 2 is 1.68 bits per heavy atom. The molecule has 0 saturated carbocycles. The van der Waals surface area contributed by atoms with Gasteiger partial charge in [-0.05, 0) is 78.9 Å². The van der Waals surface area contributed by atoms with Crippen LogP contribution in [0.25, 0.3) is 0 Å². The van der Waals surface area contributed by atoms with Crippen LogP contribution in [0.1, 0.15) is 38.3 Å². The van der Waals surface area contributed by atoms with E-state index in [0.717, 1.165) is 15.4 Å². The van der Waals surface area contributed by atoms with E-state index in [4.69, 9.17) is 16.3 Å². The molecule has 0 aliphatic rings. The molecule has 0 heterocycles. The van der Waals surface area contributed by atoms with E-state index in [0.29, 0.717) is 29.4 Å². The molecule has 0 bridgehead atoms. The Balaban J connectivity index is 2.06. The average Bonchev–Trinajstić information content (AvgIpc) is 2.94. The van der Waals surface area contributed by atoms with Gasteiger partial charge in [-0.25, -0.2) is 8.42 Å². The van der Waals surface area contributed by atoms with Gasteiger partial charge in [0.2, 0.25) is 11.8 Å². The van der Waals surface area contributed by atoms with Crippen LogP contribution in [0.5, 0.6) is 5.75 Å². The maximum Gasteiger partial charge on any atom is 0.264 e. The second-order valence-electron chi connectivity index (χ2n) is 10.2. The number of aryl methyl sites for hydroxylation is 1. The molecular formula is C31H38ClN3O5S. The van der Waals surface area contributed by atoms with Gasteiger partial charge in [-0.2, -0.15) is 0 Å². The van der Waals surface area contributed by atoms with E-state index in [1.807, 2.05) is 39.8 Å². The third-order valence-corrected chi connectivity index (χ3v) is 8.57. The molecule has 220 valence electrons. The normalized spacial score (nSPS) is 12.1. The highest BCUT2D eigenvalue weighted by Crippen LogP contribution is 2.27. The fourth-order valence-electron chi connectivity index (χ4n) is 4.36. The van der Waals surface area contributed by atoms with Gasteiger partial charge in [0.05, 0.1) is 17.7 Å². The van der Waals surface area contributed by atoms with Crippen molar-refractivity contribution in [2.45, 2.75) is 51.6 Å². The van der Waals surface area contributed by atoms with Gasteiger partial charge in [0.1, 0.15) is 18.3 Å². The molecule has 3 aromatic rings. The smallest absolute Gasteiger partial charge is 0.264 e. The maximum atomic E-state index is 14.1. The molecule has 0 saturated heterocycles. The highest BCUT2D eigenvalue weighted by Gasteiger charge is 2.33. The van der Waals surface area contributed by atoms with Gasteiger partial charge >= 0.3 is 0 Å². The highest BCUT2D eigenvalue weighted by atomic mass is 35.5. The number of nitrogens with one attached hydrogen (secondary N) is 1. The van der Waals surface area contributed by atoms with E-state index in [2.05, 4.69) is 5.32 Å². The quantitative estimate of drug-likeness (QED) is 0.283. The van der Waals surface area contributed by atoms with Crippen molar-refractivity contribution >= 4 is 39.1 Å². The van der Waals surface area contributed by atoms with Gasteiger partial charge in [0, 0.05) is 18.1 Å². The lowest BCUT2D eigenvalue weighted by Crippen LogP contribution is -2.52. The van der Waals surface area contributed by atoms with Crippen molar-refractivity contribution in [2.75, 3.05) is 24.5 Å². The molecule has 0 unspecified atom stereocenters. The van der Waals surface area contributed by atoms with Crippen molar-refractivity contribution in [3.05, 3.63) is 88.9 Å². The van der Waals surface area contributed by atoms with Crippen molar-refractivity contribution < 1.29 is 22.7 Å². The second kappa shape index (κ2) is 14.4. The van der Waals surface area contributed by atoms with E-state index in [-0.39, 0.29) is 23.3 Å². The Bertz CT molecular complexity index is 1440. The zero-order chi connectivity index (χ0) is 30.2. The number of rotatable bonds is 13. The molecule has 41 heavy (non-hydrogen) atoms. The zero-order valence-corrected chi connectivity index (χ0v) is 25.7. The van der Waals surface area contributed by atoms with Gasteiger partial charge in [0.15, 0.2) is 0 Å². The largest absolute Gasteiger partial charge is 0.497 e. The predicted molar refractivity (Wildman–Crippen MR) is 163 cm³/mol. The van der Waals surface area contributed by atoms with Gasteiger partial charge in [-0.3, -0.25) is 13.9 Å². The van der Waals surface area contributed by atoms with E-state index in [9.17, 15) is 18.0 Å². The molecule has 1 N–H and O–H groups in total. The summed E-state index contributed by atoms with van der Waals surface area (Å²) in [6.07, 6.45) is 0.341. The number of ether oxygens (including phenoxy) is 1. The molecule has 0 aliphatic carbocycles. The first-order chi connectivity index (χ1) is 19.5. The molecule has 0 radical (unpaired) electrons. The molecule has 3 rings (SSSR count). The van der Waals surface area contributed by atoms with Crippen LogP contribution in [-0.4, -0.2) is 51.4 Å². The van der Waals surface area contributed by atoms with Gasteiger partial charge < -0.3 is 15.0 Å². The Morgan fingerprint density at radius 1 is 1.00 bits per heavy atom. The number of methoxy groups -OCH3 is 1. The summed E-state index contributed by atoms with van der Waals surface area (Å²) in [5.41, 5.74) is 1.92. The molecule has 1 atom stereocenters. The fraction of sp³-hybridized carbons (Fsp3) is 0.355. The summed E-state index contributed by atoms with van der Waals surface area (Å²) >= 11 is 6.01. The van der Waals surface area contributed by atoms with E-state index in [1.165, 1.54) is 29.2 Å². The Kier molecular flexibility index (Phi) is 11.2. The number of benzene rings is 3. The standard InChI is InChI=1S/C31H38ClN3O5S/c1-6-29(31(37)33-19-22(2)3)34(20-24-10-8-12-27(18-24)40-5)30(36)21-35(26-11-7-9-23(4)17-26)41(38,39)28-15-13-25(32)14-16-28/h7-18,22,29H,6,19-21H2,1-5H3,(H,33,37)/t29-/m1/s1. The number of halogens is 1. The lowest BCUT2D eigenvalue weighted by molar-refractivity contribution is -0.140. The second-order valence-corrected chi connectivity index (χ2v) is 12.5. The Morgan fingerprint density at radius 3 is 2.29 bits per heavy atom. The number of sulfonamides is 1. The highest BCUT2D eigenvalue weighted by molar-refractivity contribution is 7.92. The van der Waals surface area contributed by atoms with Crippen LogP contribution in [-0.2, 0) is 26.2 Å². The van der Waals surface area contributed by atoms with Crippen LogP contribution >= 0.6 is 11.6 Å². The van der Waals surface area contributed by atoms with Gasteiger partial charge in [0.25, 0.3) is 10.0 Å². The predicted octanol–water partition coefficient (Wildman–Crippen LogP) is 5.43. The number of carbonyl (C=O) groups excluding carboxylic acids is 2. The maximum absolute atomic E-state index is 14.1. The van der Waals surface area contributed by atoms with Gasteiger partial charge in [-0.15, -0.1) is 0 Å². The topological polar surface area (TPSA) is 96.0 Å². The van der Waals surface area contributed by atoms with Crippen molar-refractivity contribution in [3.8, 4) is 5.75 Å². The first kappa shape index (κ1) is 32.0. The minimum atomic E-state index is -4.17. The molecule has 0 spiro atoms. The van der Waals surface area contributed by atoms with Crippen molar-refractivity contribution in [1.29, 1.82) is 0 Å². The van der Waals surface area contributed by atoms with Crippen LogP contribution in [0, 0.1) is 12.8 Å². The number of amides is 2. The first-order valence-corrected chi connectivity index (χ1v) is 15.3. The van der Waals surface area contributed by atoms with E-state index >= 15 is 0 Å². The minimum absolute atomic E-state index is 0.00253. The Hall–Kier alpha value is -3.56. The first-order valence-electron chi connectivity index (χ1n) is 13.5. The number of hydrogen-bond acceptors (Lipinski definition) is 5.